The van der Waals surface area contributed by atoms with Gasteiger partial charge < -0.3 is 15.2 Å². The summed E-state index contributed by atoms with van der Waals surface area (Å²) in [6, 6.07) is 17.1. The number of rotatable bonds is 8. The van der Waals surface area contributed by atoms with Crippen molar-refractivity contribution < 1.29 is 9.84 Å². The molecule has 2 atom stereocenters. The summed E-state index contributed by atoms with van der Waals surface area (Å²) in [6.45, 7) is 4.48. The van der Waals surface area contributed by atoms with Gasteiger partial charge in [-0.1, -0.05) is 36.4 Å². The number of methoxy groups -OCH3 is 1. The number of aliphatic hydroxyl groups is 1. The van der Waals surface area contributed by atoms with E-state index >= 15 is 0 Å². The summed E-state index contributed by atoms with van der Waals surface area (Å²) in [7, 11) is 1.69. The highest BCUT2D eigenvalue weighted by Crippen LogP contribution is 2.17. The molecular formula is C20H27NO2. The van der Waals surface area contributed by atoms with Crippen molar-refractivity contribution in [2.24, 2.45) is 0 Å². The van der Waals surface area contributed by atoms with Crippen molar-refractivity contribution in [3.8, 4) is 5.75 Å². The molecule has 0 aliphatic heterocycles. The predicted octanol–water partition coefficient (Wildman–Crippen LogP) is 3.86. The van der Waals surface area contributed by atoms with Crippen molar-refractivity contribution in [3.05, 3.63) is 65.2 Å². The van der Waals surface area contributed by atoms with Gasteiger partial charge in [0.15, 0.2) is 0 Å². The van der Waals surface area contributed by atoms with Gasteiger partial charge in [-0.2, -0.15) is 0 Å². The van der Waals surface area contributed by atoms with E-state index in [0.717, 1.165) is 24.2 Å². The summed E-state index contributed by atoms with van der Waals surface area (Å²) >= 11 is 0. The van der Waals surface area contributed by atoms with Crippen LogP contribution in [0.15, 0.2) is 48.5 Å². The lowest BCUT2D eigenvalue weighted by atomic mass is 10.0. The minimum absolute atomic E-state index is 0.0909. The molecule has 2 N–H and O–H groups in total. The Balaban J connectivity index is 1.84. The van der Waals surface area contributed by atoms with Crippen LogP contribution in [-0.2, 0) is 13.0 Å². The third-order valence-corrected chi connectivity index (χ3v) is 4.19. The summed E-state index contributed by atoms with van der Waals surface area (Å²) in [4.78, 5) is 0. The number of benzene rings is 2. The van der Waals surface area contributed by atoms with Gasteiger partial charge in [-0.3, -0.25) is 0 Å². The highest BCUT2D eigenvalue weighted by atomic mass is 16.5. The molecule has 0 fully saturated rings. The molecule has 2 aromatic rings. The van der Waals surface area contributed by atoms with Crippen LogP contribution in [0.3, 0.4) is 0 Å². The van der Waals surface area contributed by atoms with E-state index in [1.165, 1.54) is 11.1 Å². The van der Waals surface area contributed by atoms with Gasteiger partial charge in [0.2, 0.25) is 0 Å². The van der Waals surface area contributed by atoms with Crippen LogP contribution in [-0.4, -0.2) is 18.3 Å². The highest BCUT2D eigenvalue weighted by Gasteiger charge is 2.10. The molecule has 23 heavy (non-hydrogen) atoms. The molecule has 3 heteroatoms. The second-order valence-corrected chi connectivity index (χ2v) is 6.08. The number of nitrogens with one attached hydrogen (secondary N) is 1. The third-order valence-electron chi connectivity index (χ3n) is 4.19. The Labute approximate surface area is 139 Å². The Bertz CT molecular complexity index is 595. The molecule has 0 saturated carbocycles. The van der Waals surface area contributed by atoms with E-state index in [1.54, 1.807) is 7.11 Å². The Hall–Kier alpha value is -1.84. The van der Waals surface area contributed by atoms with Crippen molar-refractivity contribution in [1.82, 2.24) is 5.32 Å². The second-order valence-electron chi connectivity index (χ2n) is 6.08. The number of hydrogen-bond donors (Lipinski definition) is 2. The fourth-order valence-corrected chi connectivity index (χ4v) is 2.74. The summed E-state index contributed by atoms with van der Waals surface area (Å²) in [5.74, 6) is 0.900. The smallest absolute Gasteiger partial charge is 0.118 e. The van der Waals surface area contributed by atoms with Crippen molar-refractivity contribution in [3.63, 3.8) is 0 Å². The minimum Gasteiger partial charge on any atom is -0.497 e. The van der Waals surface area contributed by atoms with Crippen molar-refractivity contribution in [1.29, 1.82) is 0 Å². The predicted molar refractivity (Wildman–Crippen MR) is 94.7 cm³/mol. The Morgan fingerprint density at radius 1 is 1.04 bits per heavy atom. The Morgan fingerprint density at radius 2 is 1.78 bits per heavy atom. The molecule has 0 heterocycles. The molecule has 2 unspecified atom stereocenters. The first kappa shape index (κ1) is 17.5. The quantitative estimate of drug-likeness (QED) is 0.777. The molecule has 0 aliphatic carbocycles. The van der Waals surface area contributed by atoms with E-state index in [-0.39, 0.29) is 12.6 Å². The number of aryl methyl sites for hydroxylation is 1. The number of hydrogen-bond acceptors (Lipinski definition) is 3. The molecule has 0 bridgehead atoms. The number of aliphatic hydroxyl groups excluding tert-OH is 1. The van der Waals surface area contributed by atoms with Gasteiger partial charge in [-0.25, -0.2) is 0 Å². The SMILES string of the molecule is COc1ccc(CCC(C)NC(C)c2cccc(CO)c2)cc1. The van der Waals surface area contributed by atoms with Crippen molar-refractivity contribution in [2.45, 2.75) is 45.4 Å². The van der Waals surface area contributed by atoms with Crippen LogP contribution < -0.4 is 10.1 Å². The van der Waals surface area contributed by atoms with E-state index < -0.39 is 0 Å². The van der Waals surface area contributed by atoms with Crippen LogP contribution in [0.2, 0.25) is 0 Å². The molecule has 0 saturated heterocycles. The minimum atomic E-state index is 0.0909. The van der Waals surface area contributed by atoms with Crippen LogP contribution in [0.1, 0.15) is 43.0 Å². The van der Waals surface area contributed by atoms with Crippen molar-refractivity contribution >= 4 is 0 Å². The fraction of sp³-hybridized carbons (Fsp3) is 0.400. The monoisotopic (exact) mass is 313 g/mol. The largest absolute Gasteiger partial charge is 0.497 e. The summed E-state index contributed by atoms with van der Waals surface area (Å²) in [5, 5.41) is 12.9. The van der Waals surface area contributed by atoms with Crippen LogP contribution in [0.5, 0.6) is 5.75 Å². The molecule has 0 amide bonds. The maximum Gasteiger partial charge on any atom is 0.118 e. The average Bonchev–Trinajstić information content (AvgIpc) is 2.60. The Morgan fingerprint density at radius 3 is 2.43 bits per heavy atom. The topological polar surface area (TPSA) is 41.5 Å². The molecule has 0 aromatic heterocycles. The first-order valence-electron chi connectivity index (χ1n) is 8.21. The third kappa shape index (κ3) is 5.38. The van der Waals surface area contributed by atoms with Crippen LogP contribution >= 0.6 is 0 Å². The standard InChI is InChI=1S/C20H27NO2/c1-15(7-8-17-9-11-20(23-3)12-10-17)21-16(2)19-6-4-5-18(13-19)14-22/h4-6,9-13,15-16,21-22H,7-8,14H2,1-3H3. The number of ether oxygens (including phenoxy) is 1. The zero-order chi connectivity index (χ0) is 16.7. The van der Waals surface area contributed by atoms with Gasteiger partial charge in [0, 0.05) is 12.1 Å². The normalized spacial score (nSPS) is 13.6. The zero-order valence-electron chi connectivity index (χ0n) is 14.3. The lowest BCUT2D eigenvalue weighted by Crippen LogP contribution is -2.29. The molecule has 2 rings (SSSR count). The van der Waals surface area contributed by atoms with E-state index in [2.05, 4.69) is 43.4 Å². The summed E-state index contributed by atoms with van der Waals surface area (Å²) < 4.78 is 5.19. The van der Waals surface area contributed by atoms with Crippen LogP contribution in [0.4, 0.5) is 0 Å². The van der Waals surface area contributed by atoms with Crippen LogP contribution in [0, 0.1) is 0 Å². The molecule has 2 aromatic carbocycles. The van der Waals surface area contributed by atoms with E-state index in [4.69, 9.17) is 4.74 Å². The van der Waals surface area contributed by atoms with Gasteiger partial charge in [0.25, 0.3) is 0 Å². The van der Waals surface area contributed by atoms with E-state index in [1.807, 2.05) is 24.3 Å². The van der Waals surface area contributed by atoms with Gasteiger partial charge in [-0.05, 0) is 55.5 Å². The van der Waals surface area contributed by atoms with Gasteiger partial charge >= 0.3 is 0 Å². The zero-order valence-corrected chi connectivity index (χ0v) is 14.3. The van der Waals surface area contributed by atoms with E-state index in [0.29, 0.717) is 6.04 Å². The Kier molecular flexibility index (Phi) is 6.63. The molecule has 124 valence electrons. The summed E-state index contributed by atoms with van der Waals surface area (Å²) in [6.07, 6.45) is 2.12. The van der Waals surface area contributed by atoms with E-state index in [9.17, 15) is 5.11 Å². The molecule has 0 spiro atoms. The molecule has 0 aliphatic rings. The lowest BCUT2D eigenvalue weighted by molar-refractivity contribution is 0.281. The van der Waals surface area contributed by atoms with Crippen molar-refractivity contribution in [2.75, 3.05) is 7.11 Å². The first-order valence-corrected chi connectivity index (χ1v) is 8.21. The highest BCUT2D eigenvalue weighted by molar-refractivity contribution is 5.27. The van der Waals surface area contributed by atoms with Gasteiger partial charge in [0.1, 0.15) is 5.75 Å². The molecule has 0 radical (unpaired) electrons. The van der Waals surface area contributed by atoms with Crippen LogP contribution in [0.25, 0.3) is 0 Å². The lowest BCUT2D eigenvalue weighted by Gasteiger charge is -2.21. The molecule has 3 nitrogen and oxygen atoms in total. The maximum absolute atomic E-state index is 9.24. The van der Waals surface area contributed by atoms with Gasteiger partial charge in [0.05, 0.1) is 13.7 Å². The second kappa shape index (κ2) is 8.70. The fourth-order valence-electron chi connectivity index (χ4n) is 2.74. The summed E-state index contributed by atoms with van der Waals surface area (Å²) in [5.41, 5.74) is 3.50. The van der Waals surface area contributed by atoms with Gasteiger partial charge in [-0.15, -0.1) is 0 Å². The first-order chi connectivity index (χ1) is 11.1. The molecular weight excluding hydrogens is 286 g/mol. The maximum atomic E-state index is 9.24. The average molecular weight is 313 g/mol.